The van der Waals surface area contributed by atoms with Gasteiger partial charge in [0.25, 0.3) is 14.7 Å². The molecule has 2 unspecified atom stereocenters. The van der Waals surface area contributed by atoms with E-state index >= 15 is 0 Å². The molecular formula is C35H42O6P2. The third-order valence-electron chi connectivity index (χ3n) is 7.89. The molecule has 6 nitrogen and oxygen atoms in total. The highest BCUT2D eigenvalue weighted by molar-refractivity contribution is 7.60. The van der Waals surface area contributed by atoms with Gasteiger partial charge in [0, 0.05) is 18.7 Å². The number of hydrogen-bond donors (Lipinski definition) is 0. The van der Waals surface area contributed by atoms with E-state index in [2.05, 4.69) is 13.8 Å². The Bertz CT molecular complexity index is 1600. The number of hydrogen-bond acceptors (Lipinski definition) is 6. The smallest absolute Gasteiger partial charge is 0.286 e. The van der Waals surface area contributed by atoms with Crippen LogP contribution in [0.2, 0.25) is 0 Å². The third-order valence-corrected chi connectivity index (χ3v) is 13.1. The highest BCUT2D eigenvalue weighted by Crippen LogP contribution is 2.57. The summed E-state index contributed by atoms with van der Waals surface area (Å²) in [5, 5.41) is -2.07. The molecule has 0 radical (unpaired) electrons. The number of benzene rings is 4. The fraction of sp³-hybridized carbons (Fsp3) is 0.314. The molecule has 228 valence electrons. The Hall–Kier alpha value is -3.46. The Labute approximate surface area is 256 Å². The molecular weight excluding hydrogens is 578 g/mol. The lowest BCUT2D eigenvalue weighted by Crippen LogP contribution is -2.30. The first kappa shape index (κ1) is 32.5. The topological polar surface area (TPSA) is 71.1 Å². The average Bonchev–Trinajstić information content (AvgIpc) is 2.94. The van der Waals surface area contributed by atoms with Gasteiger partial charge in [-0.05, 0) is 87.4 Å². The van der Waals surface area contributed by atoms with Crippen LogP contribution >= 0.6 is 14.7 Å². The van der Waals surface area contributed by atoms with Crippen molar-refractivity contribution in [3.63, 3.8) is 0 Å². The van der Waals surface area contributed by atoms with Gasteiger partial charge in [0.1, 0.15) is 23.0 Å². The molecule has 4 aromatic carbocycles. The molecule has 0 bridgehead atoms. The van der Waals surface area contributed by atoms with Gasteiger partial charge in [-0.3, -0.25) is 9.13 Å². The first-order valence-corrected chi connectivity index (χ1v) is 18.4. The van der Waals surface area contributed by atoms with Crippen molar-refractivity contribution in [1.82, 2.24) is 0 Å². The van der Waals surface area contributed by atoms with Gasteiger partial charge in [-0.1, -0.05) is 74.5 Å². The van der Waals surface area contributed by atoms with E-state index in [1.54, 1.807) is 53.2 Å². The Kier molecular flexibility index (Phi) is 9.26. The molecule has 0 spiro atoms. The predicted molar refractivity (Wildman–Crippen MR) is 176 cm³/mol. The maximum atomic E-state index is 13.6. The number of ether oxygens (including phenoxy) is 2. The summed E-state index contributed by atoms with van der Waals surface area (Å²) in [6.45, 7) is 14.6. The van der Waals surface area contributed by atoms with Gasteiger partial charge in [-0.25, -0.2) is 0 Å². The summed E-state index contributed by atoms with van der Waals surface area (Å²) in [4.78, 5) is 0. The van der Waals surface area contributed by atoms with Crippen molar-refractivity contribution in [3.8, 4) is 23.0 Å². The molecule has 0 fully saturated rings. The zero-order valence-corrected chi connectivity index (χ0v) is 28.0. The van der Waals surface area contributed by atoms with E-state index < -0.39 is 25.4 Å². The molecule has 0 heterocycles. The summed E-state index contributed by atoms with van der Waals surface area (Å²) >= 11 is 0. The Balaban J connectivity index is 1.44. The van der Waals surface area contributed by atoms with Crippen molar-refractivity contribution in [2.45, 2.75) is 57.6 Å². The van der Waals surface area contributed by atoms with Crippen LogP contribution in [-0.4, -0.2) is 24.0 Å². The first-order chi connectivity index (χ1) is 20.0. The lowest BCUT2D eigenvalue weighted by Gasteiger charge is -2.33. The molecule has 4 rings (SSSR count). The Morgan fingerprint density at radius 2 is 0.744 bits per heavy atom. The maximum absolute atomic E-state index is 13.6. The zero-order chi connectivity index (χ0) is 31.5. The van der Waals surface area contributed by atoms with Crippen LogP contribution in [0.1, 0.15) is 52.7 Å². The second-order valence-electron chi connectivity index (χ2n) is 12.3. The van der Waals surface area contributed by atoms with Crippen LogP contribution < -0.4 is 18.5 Å². The molecule has 0 aliphatic heterocycles. The van der Waals surface area contributed by atoms with Crippen LogP contribution in [-0.2, 0) is 14.5 Å². The lowest BCUT2D eigenvalue weighted by atomic mass is 9.78. The average molecular weight is 621 g/mol. The third kappa shape index (κ3) is 7.55. The van der Waals surface area contributed by atoms with E-state index in [4.69, 9.17) is 18.5 Å². The standard InChI is InChI=1S/C35H42O6P2/c1-33(2,27-19-23-30(24-20-27)39-35(5,6)42(7,36)40-31-17-13-10-14-18-31)28-21-25-32(26-22-28)41-43(8,37)34(3,4)38-29-15-11-9-12-16-29/h9-26H,1-8H3. The van der Waals surface area contributed by atoms with E-state index in [1.807, 2.05) is 97.1 Å². The molecule has 0 aliphatic carbocycles. The fourth-order valence-electron chi connectivity index (χ4n) is 4.37. The van der Waals surface area contributed by atoms with E-state index in [0.717, 1.165) is 11.1 Å². The van der Waals surface area contributed by atoms with Crippen molar-refractivity contribution >= 4 is 14.7 Å². The monoisotopic (exact) mass is 620 g/mol. The van der Waals surface area contributed by atoms with Crippen molar-refractivity contribution in [2.24, 2.45) is 0 Å². The summed E-state index contributed by atoms with van der Waals surface area (Å²) in [5.41, 5.74) is 1.80. The molecule has 43 heavy (non-hydrogen) atoms. The van der Waals surface area contributed by atoms with Crippen molar-refractivity contribution in [3.05, 3.63) is 120 Å². The van der Waals surface area contributed by atoms with Gasteiger partial charge in [0.2, 0.25) is 0 Å². The molecule has 2 atom stereocenters. The quantitative estimate of drug-likeness (QED) is 0.147. The summed E-state index contributed by atoms with van der Waals surface area (Å²) in [6.07, 6.45) is 0. The van der Waals surface area contributed by atoms with E-state index in [9.17, 15) is 9.13 Å². The zero-order valence-electron chi connectivity index (χ0n) is 26.2. The van der Waals surface area contributed by atoms with Gasteiger partial charge in [-0.15, -0.1) is 0 Å². The van der Waals surface area contributed by atoms with Crippen LogP contribution in [0, 0.1) is 0 Å². The molecule has 0 amide bonds. The lowest BCUT2D eigenvalue weighted by molar-refractivity contribution is 0.178. The van der Waals surface area contributed by atoms with Crippen LogP contribution in [0.25, 0.3) is 0 Å². The minimum Gasteiger partial charge on any atom is -0.477 e. The summed E-state index contributed by atoms with van der Waals surface area (Å²) in [6, 6.07) is 33.9. The highest BCUT2D eigenvalue weighted by atomic mass is 31.2. The Morgan fingerprint density at radius 1 is 0.442 bits per heavy atom. The number of rotatable bonds is 12. The van der Waals surface area contributed by atoms with E-state index in [1.165, 1.54) is 0 Å². The van der Waals surface area contributed by atoms with Crippen LogP contribution in [0.5, 0.6) is 23.0 Å². The minimum atomic E-state index is -3.22. The van der Waals surface area contributed by atoms with Crippen molar-refractivity contribution in [1.29, 1.82) is 0 Å². The van der Waals surface area contributed by atoms with Crippen LogP contribution in [0.15, 0.2) is 109 Å². The van der Waals surface area contributed by atoms with Gasteiger partial charge in [-0.2, -0.15) is 0 Å². The van der Waals surface area contributed by atoms with Gasteiger partial charge < -0.3 is 18.5 Å². The number of para-hydroxylation sites is 2. The van der Waals surface area contributed by atoms with Crippen LogP contribution in [0.3, 0.4) is 0 Å². The molecule has 4 aromatic rings. The molecule has 0 aliphatic rings. The molecule has 0 aromatic heterocycles. The predicted octanol–water partition coefficient (Wildman–Crippen LogP) is 10.2. The summed E-state index contributed by atoms with van der Waals surface area (Å²) < 4.78 is 51.2. The first-order valence-electron chi connectivity index (χ1n) is 14.3. The van der Waals surface area contributed by atoms with Crippen molar-refractivity contribution in [2.75, 3.05) is 13.3 Å². The molecule has 0 saturated heterocycles. The highest BCUT2D eigenvalue weighted by Gasteiger charge is 2.42. The molecule has 0 saturated carbocycles. The molecule has 0 N–H and O–H groups in total. The van der Waals surface area contributed by atoms with E-state index in [0.29, 0.717) is 23.0 Å². The van der Waals surface area contributed by atoms with Gasteiger partial charge in [0.15, 0.2) is 10.7 Å². The van der Waals surface area contributed by atoms with Gasteiger partial charge in [0.05, 0.1) is 0 Å². The van der Waals surface area contributed by atoms with Gasteiger partial charge >= 0.3 is 0 Å². The fourth-order valence-corrected chi connectivity index (χ4v) is 6.40. The van der Waals surface area contributed by atoms with Crippen LogP contribution in [0.4, 0.5) is 0 Å². The normalized spacial score (nSPS) is 15.1. The van der Waals surface area contributed by atoms with E-state index in [-0.39, 0.29) is 5.41 Å². The summed E-state index contributed by atoms with van der Waals surface area (Å²) in [5.74, 6) is 2.30. The van der Waals surface area contributed by atoms with Crippen molar-refractivity contribution < 1.29 is 27.7 Å². The molecule has 8 heteroatoms. The maximum Gasteiger partial charge on any atom is 0.286 e. The largest absolute Gasteiger partial charge is 0.477 e. The second kappa shape index (κ2) is 12.3. The minimum absolute atomic E-state index is 0.339. The SMILES string of the molecule is CC(C)(c1ccc(OC(C)(C)P(C)(=O)Oc2ccccc2)cc1)c1ccc(OP(C)(=O)C(C)(C)Oc2ccccc2)cc1. The second-order valence-corrected chi connectivity index (χ2v) is 18.2. The summed E-state index contributed by atoms with van der Waals surface area (Å²) in [7, 11) is -6.40. The Morgan fingerprint density at radius 3 is 1.14 bits per heavy atom.